The molecular weight excluding hydrogens is 396 g/mol. The molecule has 152 valence electrons. The fourth-order valence-electron chi connectivity index (χ4n) is 3.66. The summed E-state index contributed by atoms with van der Waals surface area (Å²) in [6.07, 6.45) is 1.42. The van der Waals surface area contributed by atoms with Gasteiger partial charge in [0.05, 0.1) is 6.33 Å². The van der Waals surface area contributed by atoms with Gasteiger partial charge in [0.25, 0.3) is 5.56 Å². The number of hydrogen-bond donors (Lipinski definition) is 1. The number of fused-ring (bicyclic) bond motifs is 1. The predicted molar refractivity (Wildman–Crippen MR) is 121 cm³/mol. The van der Waals surface area contributed by atoms with Gasteiger partial charge in [0.1, 0.15) is 22.5 Å². The molecule has 0 bridgehead atoms. The Bertz CT molecular complexity index is 1310. The van der Waals surface area contributed by atoms with Crippen LogP contribution in [0.2, 0.25) is 0 Å². The quantitative estimate of drug-likeness (QED) is 0.533. The summed E-state index contributed by atoms with van der Waals surface area (Å²) < 4.78 is 6.23. The van der Waals surface area contributed by atoms with Crippen LogP contribution >= 0.6 is 11.5 Å². The lowest BCUT2D eigenvalue weighted by atomic mass is 10.1. The van der Waals surface area contributed by atoms with Crippen LogP contribution in [0.1, 0.15) is 22.3 Å². The van der Waals surface area contributed by atoms with E-state index in [9.17, 15) is 9.59 Å². The Morgan fingerprint density at radius 3 is 2.50 bits per heavy atom. The fourth-order valence-corrected chi connectivity index (χ4v) is 4.47. The lowest BCUT2D eigenvalue weighted by Gasteiger charge is -2.13. The molecule has 0 atom stereocenters. The van der Waals surface area contributed by atoms with E-state index in [0.717, 1.165) is 45.0 Å². The standard InChI is InChI=1S/C23H22N4O2S/c1-13-6-5-7-17(10-13)20-21-22(30-26-20)23(29)27(12-24-21)11-18(28)25-19-15(3)8-14(2)9-16(19)4/h5-10,12H,11H2,1-4H3,(H,25,28). The summed E-state index contributed by atoms with van der Waals surface area (Å²) in [5.41, 5.74) is 6.95. The Balaban J connectivity index is 1.62. The molecule has 0 saturated heterocycles. The van der Waals surface area contributed by atoms with E-state index < -0.39 is 0 Å². The third kappa shape index (κ3) is 3.76. The van der Waals surface area contributed by atoms with Gasteiger partial charge in [-0.1, -0.05) is 41.5 Å². The Hall–Kier alpha value is -3.32. The molecule has 0 spiro atoms. The van der Waals surface area contributed by atoms with Crippen molar-refractivity contribution >= 4 is 33.3 Å². The van der Waals surface area contributed by atoms with Crippen molar-refractivity contribution in [1.82, 2.24) is 13.9 Å². The van der Waals surface area contributed by atoms with E-state index in [-0.39, 0.29) is 18.0 Å². The van der Waals surface area contributed by atoms with Gasteiger partial charge in [-0.05, 0) is 56.4 Å². The van der Waals surface area contributed by atoms with Gasteiger partial charge in [0.15, 0.2) is 0 Å². The zero-order valence-electron chi connectivity index (χ0n) is 17.3. The molecule has 4 rings (SSSR count). The van der Waals surface area contributed by atoms with Crippen LogP contribution in [0.25, 0.3) is 21.5 Å². The number of benzene rings is 2. The molecule has 0 aliphatic heterocycles. The molecule has 7 heteroatoms. The average Bonchev–Trinajstić information content (AvgIpc) is 3.12. The van der Waals surface area contributed by atoms with E-state index in [1.165, 1.54) is 10.9 Å². The van der Waals surface area contributed by atoms with Crippen molar-refractivity contribution in [3.05, 3.63) is 75.3 Å². The van der Waals surface area contributed by atoms with Crippen molar-refractivity contribution in [2.75, 3.05) is 5.32 Å². The van der Waals surface area contributed by atoms with Crippen molar-refractivity contribution in [3.8, 4) is 11.3 Å². The summed E-state index contributed by atoms with van der Waals surface area (Å²) in [6, 6.07) is 12.0. The fraction of sp³-hybridized carbons (Fsp3) is 0.217. The van der Waals surface area contributed by atoms with Gasteiger partial charge in [-0.3, -0.25) is 14.2 Å². The number of hydrogen-bond acceptors (Lipinski definition) is 5. The molecule has 2 aromatic heterocycles. The SMILES string of the molecule is Cc1cccc(-c2nsc3c(=O)n(CC(=O)Nc4c(C)cc(C)cc4C)cnc23)c1. The smallest absolute Gasteiger partial charge is 0.273 e. The van der Waals surface area contributed by atoms with Crippen LogP contribution < -0.4 is 10.9 Å². The van der Waals surface area contributed by atoms with Crippen molar-refractivity contribution in [2.24, 2.45) is 0 Å². The first-order valence-electron chi connectivity index (χ1n) is 9.63. The van der Waals surface area contributed by atoms with Gasteiger partial charge < -0.3 is 5.32 Å². The number of aromatic nitrogens is 3. The Morgan fingerprint density at radius 1 is 1.07 bits per heavy atom. The molecule has 2 heterocycles. The van der Waals surface area contributed by atoms with E-state index in [1.54, 1.807) is 0 Å². The minimum Gasteiger partial charge on any atom is -0.324 e. The number of carbonyl (C=O) groups is 1. The Morgan fingerprint density at radius 2 is 1.80 bits per heavy atom. The molecule has 0 radical (unpaired) electrons. The highest BCUT2D eigenvalue weighted by Crippen LogP contribution is 2.28. The second-order valence-electron chi connectivity index (χ2n) is 7.58. The summed E-state index contributed by atoms with van der Waals surface area (Å²) in [5.74, 6) is -0.267. The van der Waals surface area contributed by atoms with Crippen LogP contribution in [-0.2, 0) is 11.3 Å². The van der Waals surface area contributed by atoms with E-state index in [1.807, 2.05) is 64.1 Å². The molecule has 1 amide bonds. The second-order valence-corrected chi connectivity index (χ2v) is 8.35. The van der Waals surface area contributed by atoms with Crippen LogP contribution in [-0.4, -0.2) is 19.8 Å². The Labute approximate surface area is 178 Å². The first-order valence-corrected chi connectivity index (χ1v) is 10.4. The molecule has 2 aromatic carbocycles. The summed E-state index contributed by atoms with van der Waals surface area (Å²) >= 11 is 1.12. The third-order valence-corrected chi connectivity index (χ3v) is 5.82. The third-order valence-electron chi connectivity index (χ3n) is 5.00. The van der Waals surface area contributed by atoms with Crippen LogP contribution in [0.3, 0.4) is 0 Å². The molecular formula is C23H22N4O2S. The van der Waals surface area contributed by atoms with Crippen molar-refractivity contribution < 1.29 is 4.79 Å². The molecule has 0 unspecified atom stereocenters. The van der Waals surface area contributed by atoms with Gasteiger partial charge >= 0.3 is 0 Å². The second kappa shape index (κ2) is 7.84. The zero-order chi connectivity index (χ0) is 21.4. The van der Waals surface area contributed by atoms with E-state index in [2.05, 4.69) is 14.7 Å². The highest BCUT2D eigenvalue weighted by Gasteiger charge is 2.16. The number of rotatable bonds is 4. The largest absolute Gasteiger partial charge is 0.324 e. The number of carbonyl (C=O) groups excluding carboxylic acids is 1. The highest BCUT2D eigenvalue weighted by atomic mass is 32.1. The van der Waals surface area contributed by atoms with Crippen LogP contribution in [0.5, 0.6) is 0 Å². The van der Waals surface area contributed by atoms with Gasteiger partial charge in [0.2, 0.25) is 5.91 Å². The maximum atomic E-state index is 12.9. The van der Waals surface area contributed by atoms with Crippen molar-refractivity contribution in [1.29, 1.82) is 0 Å². The Kier molecular flexibility index (Phi) is 5.22. The summed E-state index contributed by atoms with van der Waals surface area (Å²) in [4.78, 5) is 30.0. The van der Waals surface area contributed by atoms with Crippen LogP contribution in [0.4, 0.5) is 5.69 Å². The first-order chi connectivity index (χ1) is 14.3. The topological polar surface area (TPSA) is 76.9 Å². The molecule has 6 nitrogen and oxygen atoms in total. The summed E-state index contributed by atoms with van der Waals surface area (Å²) in [6.45, 7) is 7.84. The molecule has 4 aromatic rings. The normalized spacial score (nSPS) is 11.1. The minimum atomic E-state index is -0.267. The van der Waals surface area contributed by atoms with Gasteiger partial charge in [0, 0.05) is 11.3 Å². The van der Waals surface area contributed by atoms with Crippen molar-refractivity contribution in [2.45, 2.75) is 34.2 Å². The maximum absolute atomic E-state index is 12.9. The molecule has 1 N–H and O–H groups in total. The minimum absolute atomic E-state index is 0.105. The van der Waals surface area contributed by atoms with Gasteiger partial charge in [-0.25, -0.2) is 4.98 Å². The monoisotopic (exact) mass is 418 g/mol. The summed E-state index contributed by atoms with van der Waals surface area (Å²) in [7, 11) is 0. The van der Waals surface area contributed by atoms with E-state index in [0.29, 0.717) is 15.9 Å². The predicted octanol–water partition coefficient (Wildman–Crippen LogP) is 4.39. The van der Waals surface area contributed by atoms with Gasteiger partial charge in [-0.15, -0.1) is 0 Å². The molecule has 0 aliphatic rings. The lowest BCUT2D eigenvalue weighted by molar-refractivity contribution is -0.116. The molecule has 30 heavy (non-hydrogen) atoms. The summed E-state index contributed by atoms with van der Waals surface area (Å²) in [5, 5.41) is 2.93. The lowest BCUT2D eigenvalue weighted by Crippen LogP contribution is -2.27. The van der Waals surface area contributed by atoms with Gasteiger partial charge in [-0.2, -0.15) is 4.37 Å². The number of amides is 1. The number of nitrogens with zero attached hydrogens (tertiary/aromatic N) is 3. The van der Waals surface area contributed by atoms with E-state index in [4.69, 9.17) is 0 Å². The first kappa shape index (κ1) is 20.0. The highest BCUT2D eigenvalue weighted by molar-refractivity contribution is 7.13. The zero-order valence-corrected chi connectivity index (χ0v) is 18.1. The maximum Gasteiger partial charge on any atom is 0.273 e. The number of nitrogens with one attached hydrogen (secondary N) is 1. The van der Waals surface area contributed by atoms with Crippen LogP contribution in [0, 0.1) is 27.7 Å². The van der Waals surface area contributed by atoms with E-state index >= 15 is 0 Å². The number of anilines is 1. The number of aryl methyl sites for hydroxylation is 4. The van der Waals surface area contributed by atoms with Crippen molar-refractivity contribution in [3.63, 3.8) is 0 Å². The molecule has 0 aliphatic carbocycles. The molecule has 0 fully saturated rings. The molecule has 0 saturated carbocycles. The average molecular weight is 419 g/mol. The van der Waals surface area contributed by atoms with Crippen LogP contribution in [0.15, 0.2) is 47.5 Å².